The summed E-state index contributed by atoms with van der Waals surface area (Å²) in [5.74, 6) is 1.84. The summed E-state index contributed by atoms with van der Waals surface area (Å²) in [5.41, 5.74) is 11.5. The lowest BCUT2D eigenvalue weighted by molar-refractivity contribution is 1.16. The van der Waals surface area contributed by atoms with Crippen LogP contribution in [0.3, 0.4) is 0 Å². The molecule has 0 radical (unpaired) electrons. The molecule has 0 aliphatic rings. The lowest BCUT2D eigenvalue weighted by Gasteiger charge is -2.17. The van der Waals surface area contributed by atoms with Crippen molar-refractivity contribution in [2.75, 3.05) is 23.4 Å². The molecule has 0 saturated carbocycles. The zero-order valence-electron chi connectivity index (χ0n) is 18.7. The van der Waals surface area contributed by atoms with E-state index < -0.39 is 0 Å². The van der Waals surface area contributed by atoms with Crippen molar-refractivity contribution in [1.82, 2.24) is 19.9 Å². The third kappa shape index (κ3) is 3.97. The summed E-state index contributed by atoms with van der Waals surface area (Å²) in [6.07, 6.45) is 3.28. The molecule has 0 atom stereocenters. The normalized spacial score (nSPS) is 10.9. The third-order valence-electron chi connectivity index (χ3n) is 5.65. The van der Waals surface area contributed by atoms with Gasteiger partial charge in [0.1, 0.15) is 23.8 Å². The minimum Gasteiger partial charge on any atom is -0.383 e. The van der Waals surface area contributed by atoms with Crippen LogP contribution in [0.5, 0.6) is 0 Å². The van der Waals surface area contributed by atoms with Crippen LogP contribution in [0.15, 0.2) is 73.2 Å². The van der Waals surface area contributed by atoms with Gasteiger partial charge in [0.25, 0.3) is 0 Å². The Balaban J connectivity index is 1.67. The number of fused-ring (bicyclic) bond motifs is 1. The van der Waals surface area contributed by atoms with E-state index in [-0.39, 0.29) is 0 Å². The van der Waals surface area contributed by atoms with Crippen molar-refractivity contribution in [1.29, 1.82) is 0 Å². The predicted octanol–water partition coefficient (Wildman–Crippen LogP) is 6.08. The molecule has 4 N–H and O–H groups in total. The highest BCUT2D eigenvalue weighted by Crippen LogP contribution is 2.37. The zero-order chi connectivity index (χ0) is 23.7. The molecular formula is C26H22ClN7. The number of nitrogens with one attached hydrogen (secondary N) is 2. The molecule has 0 amide bonds. The van der Waals surface area contributed by atoms with Crippen LogP contribution in [0.1, 0.15) is 5.56 Å². The van der Waals surface area contributed by atoms with Gasteiger partial charge in [0.05, 0.1) is 17.1 Å². The molecule has 0 aliphatic heterocycles. The maximum absolute atomic E-state index is 6.45. The van der Waals surface area contributed by atoms with Gasteiger partial charge in [-0.05, 0) is 36.8 Å². The molecule has 7 nitrogen and oxygen atoms in total. The topological polar surface area (TPSA) is 102 Å². The number of hydrogen-bond acceptors (Lipinski definition) is 7. The molecule has 3 heterocycles. The second kappa shape index (κ2) is 8.96. The van der Waals surface area contributed by atoms with Gasteiger partial charge in [0.15, 0.2) is 0 Å². The number of aryl methyl sites for hydroxylation is 1. The number of nitrogens with zero attached hydrogens (tertiary/aromatic N) is 4. The first-order chi connectivity index (χ1) is 16.5. The van der Waals surface area contributed by atoms with Gasteiger partial charge in [-0.2, -0.15) is 0 Å². The van der Waals surface area contributed by atoms with Gasteiger partial charge in [0.2, 0.25) is 0 Å². The number of anilines is 4. The van der Waals surface area contributed by atoms with Crippen LogP contribution in [0.25, 0.3) is 33.3 Å². The van der Waals surface area contributed by atoms with E-state index >= 15 is 0 Å². The van der Waals surface area contributed by atoms with Gasteiger partial charge in [-0.15, -0.1) is 0 Å². The van der Waals surface area contributed by atoms with Gasteiger partial charge in [0, 0.05) is 46.2 Å². The van der Waals surface area contributed by atoms with E-state index in [2.05, 4.69) is 30.6 Å². The van der Waals surface area contributed by atoms with Gasteiger partial charge < -0.3 is 16.4 Å². The molecular weight excluding hydrogens is 446 g/mol. The summed E-state index contributed by atoms with van der Waals surface area (Å²) in [5, 5.41) is 8.97. The summed E-state index contributed by atoms with van der Waals surface area (Å²) in [6, 6.07) is 19.4. The first-order valence-electron chi connectivity index (χ1n) is 10.7. The van der Waals surface area contributed by atoms with Crippen molar-refractivity contribution in [3.63, 3.8) is 0 Å². The molecule has 8 heteroatoms. The first kappa shape index (κ1) is 21.6. The number of rotatable bonds is 5. The second-order valence-electron chi connectivity index (χ2n) is 7.79. The summed E-state index contributed by atoms with van der Waals surface area (Å²) < 4.78 is 0. The van der Waals surface area contributed by atoms with Crippen molar-refractivity contribution in [3.05, 3.63) is 83.8 Å². The molecule has 5 rings (SSSR count). The Morgan fingerprint density at radius 3 is 2.50 bits per heavy atom. The maximum Gasteiger partial charge on any atom is 0.139 e. The van der Waals surface area contributed by atoms with Crippen LogP contribution >= 0.6 is 11.6 Å². The number of nitrogens with two attached hydrogens (primary N) is 1. The number of hydrogen-bond donors (Lipinski definition) is 3. The van der Waals surface area contributed by atoms with E-state index in [1.165, 1.54) is 6.33 Å². The number of benzene rings is 2. The van der Waals surface area contributed by atoms with Crippen molar-refractivity contribution >= 4 is 45.5 Å². The summed E-state index contributed by atoms with van der Waals surface area (Å²) in [6.45, 7) is 2.04. The Hall–Kier alpha value is -4.23. The third-order valence-corrected chi connectivity index (χ3v) is 5.98. The minimum atomic E-state index is 0.436. The smallest absolute Gasteiger partial charge is 0.139 e. The maximum atomic E-state index is 6.45. The molecule has 5 aromatic rings. The highest BCUT2D eigenvalue weighted by Gasteiger charge is 2.15. The number of halogens is 1. The van der Waals surface area contributed by atoms with Crippen LogP contribution in [-0.2, 0) is 0 Å². The molecule has 0 unspecified atom stereocenters. The Bertz CT molecular complexity index is 1520. The lowest BCUT2D eigenvalue weighted by atomic mass is 10.0. The average molecular weight is 468 g/mol. The molecule has 0 bridgehead atoms. The highest BCUT2D eigenvalue weighted by molar-refractivity contribution is 6.33. The average Bonchev–Trinajstić information content (AvgIpc) is 2.86. The van der Waals surface area contributed by atoms with Crippen molar-refractivity contribution in [2.45, 2.75) is 6.92 Å². The van der Waals surface area contributed by atoms with Crippen molar-refractivity contribution < 1.29 is 0 Å². The van der Waals surface area contributed by atoms with E-state index in [1.54, 1.807) is 6.20 Å². The molecule has 3 aromatic heterocycles. The van der Waals surface area contributed by atoms with Gasteiger partial charge >= 0.3 is 0 Å². The first-order valence-corrected chi connectivity index (χ1v) is 11.1. The molecule has 2 aromatic carbocycles. The van der Waals surface area contributed by atoms with E-state index in [4.69, 9.17) is 17.3 Å². The predicted molar refractivity (Wildman–Crippen MR) is 139 cm³/mol. The van der Waals surface area contributed by atoms with Crippen LogP contribution < -0.4 is 16.4 Å². The SMILES string of the molecule is CNc1cc(-c2cccnc2Nc2c(C)ccc3c(N)nc(-c4ccccc4Cl)cc23)ncn1. The summed E-state index contributed by atoms with van der Waals surface area (Å²) >= 11 is 6.45. The molecule has 0 spiro atoms. The Morgan fingerprint density at radius 1 is 0.853 bits per heavy atom. The minimum absolute atomic E-state index is 0.436. The fourth-order valence-corrected chi connectivity index (χ4v) is 4.14. The van der Waals surface area contributed by atoms with Crippen LogP contribution in [0.4, 0.5) is 23.1 Å². The lowest BCUT2D eigenvalue weighted by Crippen LogP contribution is -2.02. The van der Waals surface area contributed by atoms with Gasteiger partial charge in [-0.3, -0.25) is 0 Å². The summed E-state index contributed by atoms with van der Waals surface area (Å²) in [7, 11) is 1.82. The van der Waals surface area contributed by atoms with E-state index in [0.29, 0.717) is 22.4 Å². The summed E-state index contributed by atoms with van der Waals surface area (Å²) in [4.78, 5) is 17.9. The molecule has 0 fully saturated rings. The molecule has 168 valence electrons. The van der Waals surface area contributed by atoms with Crippen LogP contribution in [0.2, 0.25) is 5.02 Å². The molecule has 0 saturated heterocycles. The largest absolute Gasteiger partial charge is 0.383 e. The van der Waals surface area contributed by atoms with E-state index in [1.807, 2.05) is 74.6 Å². The molecule has 0 aliphatic carbocycles. The number of pyridine rings is 2. The van der Waals surface area contributed by atoms with Gasteiger partial charge in [-0.1, -0.05) is 41.9 Å². The van der Waals surface area contributed by atoms with E-state index in [0.717, 1.165) is 44.7 Å². The number of nitrogen functional groups attached to an aromatic ring is 1. The fraction of sp³-hybridized carbons (Fsp3) is 0.0769. The number of aromatic nitrogens is 4. The van der Waals surface area contributed by atoms with Crippen molar-refractivity contribution in [3.8, 4) is 22.5 Å². The van der Waals surface area contributed by atoms with Crippen molar-refractivity contribution in [2.24, 2.45) is 0 Å². The fourth-order valence-electron chi connectivity index (χ4n) is 3.90. The van der Waals surface area contributed by atoms with Crippen LogP contribution in [0, 0.1) is 6.92 Å². The van der Waals surface area contributed by atoms with Crippen LogP contribution in [-0.4, -0.2) is 27.0 Å². The second-order valence-corrected chi connectivity index (χ2v) is 8.20. The van der Waals surface area contributed by atoms with E-state index in [9.17, 15) is 0 Å². The Morgan fingerprint density at radius 2 is 1.68 bits per heavy atom. The standard InChI is InChI=1S/C26H22ClN7/c1-15-9-10-16-19(12-22(33-25(16)28)17-6-3-4-8-20(17)27)24(15)34-26-18(7-5-11-30-26)21-13-23(29-2)32-14-31-21/h3-14H,1-2H3,(H2,28,33)(H,30,34)(H,29,31,32). The zero-order valence-corrected chi connectivity index (χ0v) is 19.4. The molecule has 34 heavy (non-hydrogen) atoms. The quantitative estimate of drug-likeness (QED) is 0.287. The Labute approximate surface area is 202 Å². The Kier molecular flexibility index (Phi) is 5.69. The van der Waals surface area contributed by atoms with Gasteiger partial charge in [-0.25, -0.2) is 19.9 Å². The monoisotopic (exact) mass is 467 g/mol. The highest BCUT2D eigenvalue weighted by atomic mass is 35.5.